The summed E-state index contributed by atoms with van der Waals surface area (Å²) in [4.78, 5) is 44.9. The first-order valence-corrected chi connectivity index (χ1v) is 16.4. The fourth-order valence-electron chi connectivity index (χ4n) is 6.44. The van der Waals surface area contributed by atoms with Gasteiger partial charge in [0.25, 0.3) is 12.6 Å². The maximum Gasteiger partial charge on any atom is 0.416 e. The molecule has 51 heavy (non-hydrogen) atoms. The Morgan fingerprint density at radius 3 is 2.39 bits per heavy atom. The van der Waals surface area contributed by atoms with Crippen LogP contribution in [0.1, 0.15) is 28.5 Å². The normalized spacial score (nSPS) is 16.5. The molecule has 6 rings (SSSR count). The lowest BCUT2D eigenvalue weighted by atomic mass is 9.34. The minimum absolute atomic E-state index is 0.0964. The number of likely N-dealkylation sites (N-methyl/N-ethyl adjacent to an activating group) is 1. The highest BCUT2D eigenvalue weighted by Crippen LogP contribution is 2.30. The first-order chi connectivity index (χ1) is 24.5. The van der Waals surface area contributed by atoms with Crippen molar-refractivity contribution in [2.75, 3.05) is 44.3 Å². The topological polar surface area (TPSA) is 109 Å². The van der Waals surface area contributed by atoms with E-state index in [9.17, 15) is 31.9 Å². The summed E-state index contributed by atoms with van der Waals surface area (Å²) in [6.07, 6.45) is -4.69. The van der Waals surface area contributed by atoms with Gasteiger partial charge in [0, 0.05) is 37.3 Å². The number of para-hydroxylation sites is 1. The molecule has 0 radical (unpaired) electrons. The molecule has 0 spiro atoms. The number of fused-ring (bicyclic) bond motifs is 1. The highest BCUT2D eigenvalue weighted by atomic mass is 19.4. The fourth-order valence-corrected chi connectivity index (χ4v) is 6.44. The number of benzene rings is 3. The van der Waals surface area contributed by atoms with E-state index < -0.39 is 47.9 Å². The zero-order valence-corrected chi connectivity index (χ0v) is 27.8. The Kier molecular flexibility index (Phi) is 10.4. The van der Waals surface area contributed by atoms with E-state index in [0.717, 1.165) is 18.2 Å². The van der Waals surface area contributed by atoms with Crippen LogP contribution in [0.4, 0.5) is 23.4 Å². The Morgan fingerprint density at radius 1 is 1.02 bits per heavy atom. The van der Waals surface area contributed by atoms with Crippen molar-refractivity contribution in [1.82, 2.24) is 25.3 Å². The average molecular weight is 703 g/mol. The van der Waals surface area contributed by atoms with Crippen LogP contribution in [-0.2, 0) is 27.0 Å². The van der Waals surface area contributed by atoms with Gasteiger partial charge in [0.05, 0.1) is 42.6 Å². The third-order valence-corrected chi connectivity index (χ3v) is 8.95. The van der Waals surface area contributed by atoms with Crippen molar-refractivity contribution < 1.29 is 36.7 Å². The van der Waals surface area contributed by atoms with Crippen molar-refractivity contribution in [3.63, 3.8) is 0 Å². The molecule has 0 aliphatic carbocycles. The number of nitrogens with one attached hydrogen (secondary N) is 2. The zero-order valence-electron chi connectivity index (χ0n) is 27.8. The molecule has 1 aromatic heterocycles. The van der Waals surface area contributed by atoms with Crippen LogP contribution in [0.5, 0.6) is 0 Å². The Hall–Kier alpha value is -5.28. The molecule has 1 atom stereocenters. The molecular weight excluding hydrogens is 667 g/mol. The van der Waals surface area contributed by atoms with Crippen LogP contribution in [0.2, 0.25) is 0 Å². The number of morpholine rings is 1. The number of aromatic nitrogens is 2. The lowest BCUT2D eigenvalue weighted by Crippen LogP contribution is -2.69. The van der Waals surface area contributed by atoms with E-state index in [1.807, 2.05) is 6.07 Å². The van der Waals surface area contributed by atoms with Gasteiger partial charge in [-0.25, -0.2) is 9.07 Å². The van der Waals surface area contributed by atoms with Gasteiger partial charge < -0.3 is 15.4 Å². The minimum atomic E-state index is -4.69. The van der Waals surface area contributed by atoms with Crippen LogP contribution >= 0.6 is 0 Å². The minimum Gasteiger partial charge on any atom is -0.379 e. The number of carbonyl (C=O) groups excluding carboxylic acids is 3. The second-order valence-corrected chi connectivity index (χ2v) is 12.2. The molecule has 2 N–H and O–H groups in total. The molecule has 3 heterocycles. The van der Waals surface area contributed by atoms with Crippen molar-refractivity contribution in [3.8, 4) is 5.69 Å². The molecule has 3 aromatic carbocycles. The first kappa shape index (κ1) is 35.5. The molecule has 15 heteroatoms. The number of rotatable bonds is 10. The van der Waals surface area contributed by atoms with Gasteiger partial charge in [-0.3, -0.25) is 24.2 Å². The van der Waals surface area contributed by atoms with E-state index in [1.165, 1.54) is 35.2 Å². The molecule has 10 nitrogen and oxygen atoms in total. The second-order valence-electron chi connectivity index (χ2n) is 12.2. The van der Waals surface area contributed by atoms with Gasteiger partial charge in [-0.1, -0.05) is 48.4 Å². The Bertz CT molecular complexity index is 1930. The summed E-state index contributed by atoms with van der Waals surface area (Å²) in [6, 6.07) is 18.3. The summed E-state index contributed by atoms with van der Waals surface area (Å²) < 4.78 is 61.8. The van der Waals surface area contributed by atoms with Gasteiger partial charge >= 0.3 is 6.18 Å². The maximum atomic E-state index is 14.4. The van der Waals surface area contributed by atoms with Crippen LogP contribution in [-0.4, -0.2) is 84.4 Å². The summed E-state index contributed by atoms with van der Waals surface area (Å²) in [5, 5.41) is 10.5. The predicted molar refractivity (Wildman–Crippen MR) is 184 cm³/mol. The largest absolute Gasteiger partial charge is 0.416 e. The van der Waals surface area contributed by atoms with Crippen molar-refractivity contribution in [2.24, 2.45) is 0 Å². The number of hydrogen-bond donors (Lipinski definition) is 2. The number of ether oxygens (including phenoxy) is 1. The number of halogens is 4. The molecule has 1 fully saturated rings. The van der Waals surface area contributed by atoms with Crippen LogP contribution in [0.15, 0.2) is 91.0 Å². The standard InChI is InChI=1S/C36H35BF4N6O4/c1-3-46-34-30(29(44-47(34)28-10-5-4-6-11-28)21-42-32(48)23(2)22-45-16-18-51-19-17-45)37(26-12-14-27(38)15-13-26)31(35(46)50)43-33(49)24-8-7-9-25(20-24)36(39,40)41/h4-15,20,31H,2-3,16-19,21-22H2,1H3,(H,42,48)(H,43,49)/t31-/m1/s1. The highest BCUT2D eigenvalue weighted by Gasteiger charge is 2.48. The van der Waals surface area contributed by atoms with Crippen molar-refractivity contribution in [3.05, 3.63) is 114 Å². The van der Waals surface area contributed by atoms with E-state index in [0.29, 0.717) is 66.5 Å². The molecule has 0 saturated carbocycles. The summed E-state index contributed by atoms with van der Waals surface area (Å²) in [7, 11) is 0. The molecule has 4 aromatic rings. The van der Waals surface area contributed by atoms with E-state index in [-0.39, 0.29) is 18.7 Å². The molecule has 0 unspecified atom stereocenters. The van der Waals surface area contributed by atoms with Gasteiger partial charge in [0.1, 0.15) is 11.6 Å². The van der Waals surface area contributed by atoms with Crippen LogP contribution in [0.25, 0.3) is 5.69 Å². The molecule has 2 aliphatic rings. The number of alkyl halides is 3. The van der Waals surface area contributed by atoms with Crippen molar-refractivity contribution in [1.29, 1.82) is 0 Å². The molecule has 1 saturated heterocycles. The SMILES string of the molecule is C=C(CN1CCOCC1)C(=O)NCc1nn(-c2ccccc2)c2c1B(c1ccc(F)cc1)[C@H](NC(=O)c1cccc(C(F)(F)F)c1)C(=O)N2CC. The molecule has 0 bridgehead atoms. The molecule has 264 valence electrons. The van der Waals surface area contributed by atoms with E-state index in [1.54, 1.807) is 35.9 Å². The van der Waals surface area contributed by atoms with Crippen LogP contribution in [0.3, 0.4) is 0 Å². The zero-order chi connectivity index (χ0) is 36.3. The quantitative estimate of drug-likeness (QED) is 0.150. The second kappa shape index (κ2) is 14.9. The number of nitrogens with zero attached hydrogens (tertiary/aromatic N) is 4. The third-order valence-electron chi connectivity index (χ3n) is 8.95. The van der Waals surface area contributed by atoms with Gasteiger partial charge in [0.2, 0.25) is 11.8 Å². The number of hydrogen-bond acceptors (Lipinski definition) is 6. The Morgan fingerprint density at radius 2 is 1.73 bits per heavy atom. The average Bonchev–Trinajstić information content (AvgIpc) is 3.50. The predicted octanol–water partition coefficient (Wildman–Crippen LogP) is 2.85. The molecule has 3 amide bonds. The van der Waals surface area contributed by atoms with Gasteiger partial charge in [-0.05, 0) is 54.9 Å². The summed E-state index contributed by atoms with van der Waals surface area (Å²) in [5.74, 6) is -3.36. The molecular formula is C36H35BF4N6O4. The third kappa shape index (κ3) is 7.59. The molecule has 2 aliphatic heterocycles. The summed E-state index contributed by atoms with van der Waals surface area (Å²) in [6.45, 7) is 7.55. The lowest BCUT2D eigenvalue weighted by Gasteiger charge is -2.37. The van der Waals surface area contributed by atoms with Crippen molar-refractivity contribution >= 4 is 41.2 Å². The number of carbonyl (C=O) groups is 3. The summed E-state index contributed by atoms with van der Waals surface area (Å²) in [5.41, 5.74) is 0.900. The van der Waals surface area contributed by atoms with E-state index in [2.05, 4.69) is 22.1 Å². The smallest absolute Gasteiger partial charge is 0.379 e. The fraction of sp³-hybridized carbons (Fsp3) is 0.278. The number of anilines is 1. The van der Waals surface area contributed by atoms with E-state index in [4.69, 9.17) is 9.84 Å². The van der Waals surface area contributed by atoms with E-state index >= 15 is 0 Å². The van der Waals surface area contributed by atoms with Gasteiger partial charge in [-0.2, -0.15) is 18.3 Å². The summed E-state index contributed by atoms with van der Waals surface area (Å²) >= 11 is 0. The highest BCUT2D eigenvalue weighted by molar-refractivity contribution is 6.91. The Labute approximate surface area is 292 Å². The van der Waals surface area contributed by atoms with Gasteiger partial charge in [0.15, 0.2) is 0 Å². The first-order valence-electron chi connectivity index (χ1n) is 16.4. The van der Waals surface area contributed by atoms with Crippen molar-refractivity contribution in [2.45, 2.75) is 25.6 Å². The van der Waals surface area contributed by atoms with Crippen LogP contribution in [0, 0.1) is 5.82 Å². The van der Waals surface area contributed by atoms with Crippen LogP contribution < -0.4 is 26.5 Å². The number of amides is 3. The maximum absolute atomic E-state index is 14.4. The monoisotopic (exact) mass is 702 g/mol. The Balaban J connectivity index is 1.43. The lowest BCUT2D eigenvalue weighted by molar-refractivity contribution is -0.137. The van der Waals surface area contributed by atoms with Gasteiger partial charge in [-0.15, -0.1) is 0 Å².